The molecular weight excluding hydrogens is 467 g/mol. The topological polar surface area (TPSA) is 119 Å². The van der Waals surface area contributed by atoms with Crippen LogP contribution >= 0.6 is 0 Å². The molecule has 1 unspecified atom stereocenters. The molecule has 0 radical (unpaired) electrons. The Bertz CT molecular complexity index is 1580. The SMILES string of the molecule is Cc1[nH]c(-c2[nH]nc3ncc(-c4cncc(NC5CCCC5)c4)cc23)nc1C(C=N)c1cccc(F)c1. The van der Waals surface area contributed by atoms with Gasteiger partial charge in [0.05, 0.1) is 22.7 Å². The van der Waals surface area contributed by atoms with Gasteiger partial charge in [0.1, 0.15) is 11.5 Å². The molecule has 6 rings (SSSR count). The average molecular weight is 495 g/mol. The molecule has 1 aliphatic rings. The predicted octanol–water partition coefficient (Wildman–Crippen LogP) is 5.99. The molecular formula is C28H27FN8. The Hall–Kier alpha value is -4.40. The Morgan fingerprint density at radius 3 is 2.76 bits per heavy atom. The molecule has 4 N–H and O–H groups in total. The maximum absolute atomic E-state index is 13.9. The molecule has 37 heavy (non-hydrogen) atoms. The quantitative estimate of drug-likeness (QED) is 0.207. The smallest absolute Gasteiger partial charge is 0.181 e. The van der Waals surface area contributed by atoms with E-state index in [1.807, 2.05) is 25.4 Å². The molecule has 1 saturated carbocycles. The summed E-state index contributed by atoms with van der Waals surface area (Å²) >= 11 is 0. The van der Waals surface area contributed by atoms with Gasteiger partial charge in [-0.1, -0.05) is 25.0 Å². The first kappa shape index (κ1) is 23.0. The van der Waals surface area contributed by atoms with Crippen LogP contribution in [-0.2, 0) is 0 Å². The van der Waals surface area contributed by atoms with Gasteiger partial charge < -0.3 is 15.7 Å². The van der Waals surface area contributed by atoms with Crippen LogP contribution in [0.3, 0.4) is 0 Å². The second-order valence-corrected chi connectivity index (χ2v) is 9.58. The molecule has 1 fully saturated rings. The molecule has 4 aromatic heterocycles. The molecule has 1 aliphatic carbocycles. The summed E-state index contributed by atoms with van der Waals surface area (Å²) in [5.41, 5.74) is 6.33. The first-order valence-corrected chi connectivity index (χ1v) is 12.5. The highest BCUT2D eigenvalue weighted by molar-refractivity contribution is 5.92. The minimum atomic E-state index is -0.468. The fraction of sp³-hybridized carbons (Fsp3) is 0.250. The lowest BCUT2D eigenvalue weighted by Crippen LogP contribution is -2.14. The van der Waals surface area contributed by atoms with Crippen molar-refractivity contribution in [2.24, 2.45) is 0 Å². The van der Waals surface area contributed by atoms with Crippen molar-refractivity contribution in [3.8, 4) is 22.6 Å². The number of rotatable bonds is 7. The zero-order valence-corrected chi connectivity index (χ0v) is 20.4. The Kier molecular flexibility index (Phi) is 5.96. The van der Waals surface area contributed by atoms with Crippen molar-refractivity contribution in [2.45, 2.75) is 44.6 Å². The summed E-state index contributed by atoms with van der Waals surface area (Å²) in [7, 11) is 0. The lowest BCUT2D eigenvalue weighted by molar-refractivity contribution is 0.625. The molecule has 0 amide bonds. The van der Waals surface area contributed by atoms with Crippen LogP contribution in [-0.4, -0.2) is 42.4 Å². The fourth-order valence-corrected chi connectivity index (χ4v) is 5.15. The lowest BCUT2D eigenvalue weighted by atomic mass is 9.96. The van der Waals surface area contributed by atoms with E-state index in [9.17, 15) is 4.39 Å². The van der Waals surface area contributed by atoms with Crippen molar-refractivity contribution in [3.63, 3.8) is 0 Å². The number of hydrogen-bond acceptors (Lipinski definition) is 6. The van der Waals surface area contributed by atoms with E-state index in [0.717, 1.165) is 27.9 Å². The molecule has 5 aromatic rings. The van der Waals surface area contributed by atoms with Gasteiger partial charge >= 0.3 is 0 Å². The zero-order valence-electron chi connectivity index (χ0n) is 20.4. The van der Waals surface area contributed by atoms with Gasteiger partial charge in [-0.05, 0) is 49.6 Å². The number of aromatic nitrogens is 6. The van der Waals surface area contributed by atoms with Crippen LogP contribution in [0.1, 0.15) is 48.6 Å². The maximum Gasteiger partial charge on any atom is 0.181 e. The van der Waals surface area contributed by atoms with Gasteiger partial charge in [-0.2, -0.15) is 5.10 Å². The number of halogens is 1. The number of benzene rings is 1. The van der Waals surface area contributed by atoms with E-state index in [4.69, 9.17) is 10.4 Å². The van der Waals surface area contributed by atoms with Gasteiger partial charge in [-0.15, -0.1) is 0 Å². The molecule has 0 spiro atoms. The third kappa shape index (κ3) is 4.48. The summed E-state index contributed by atoms with van der Waals surface area (Å²) in [6, 6.07) is 10.9. The Balaban J connectivity index is 1.35. The van der Waals surface area contributed by atoms with E-state index >= 15 is 0 Å². The van der Waals surface area contributed by atoms with Crippen LogP contribution in [0.4, 0.5) is 10.1 Å². The molecule has 1 atom stereocenters. The number of aromatic amines is 2. The number of imidazole rings is 1. The van der Waals surface area contributed by atoms with Crippen molar-refractivity contribution in [3.05, 3.63) is 77.8 Å². The number of anilines is 1. The second kappa shape index (κ2) is 9.57. The van der Waals surface area contributed by atoms with Gasteiger partial charge in [0, 0.05) is 47.7 Å². The second-order valence-electron chi connectivity index (χ2n) is 9.58. The van der Waals surface area contributed by atoms with Crippen LogP contribution in [0.15, 0.2) is 55.0 Å². The molecule has 186 valence electrons. The van der Waals surface area contributed by atoms with Gasteiger partial charge in [0.2, 0.25) is 0 Å². The minimum Gasteiger partial charge on any atom is -0.381 e. The van der Waals surface area contributed by atoms with Gasteiger partial charge in [-0.25, -0.2) is 14.4 Å². The zero-order chi connectivity index (χ0) is 25.4. The molecule has 0 saturated heterocycles. The number of nitrogens with one attached hydrogen (secondary N) is 4. The Morgan fingerprint density at radius 1 is 1.11 bits per heavy atom. The summed E-state index contributed by atoms with van der Waals surface area (Å²) < 4.78 is 13.9. The fourth-order valence-electron chi connectivity index (χ4n) is 5.15. The lowest BCUT2D eigenvalue weighted by Gasteiger charge is -2.13. The van der Waals surface area contributed by atoms with Crippen molar-refractivity contribution >= 4 is 22.9 Å². The largest absolute Gasteiger partial charge is 0.381 e. The minimum absolute atomic E-state index is 0.340. The van der Waals surface area contributed by atoms with E-state index in [1.54, 1.807) is 18.3 Å². The van der Waals surface area contributed by atoms with E-state index in [0.29, 0.717) is 34.5 Å². The highest BCUT2D eigenvalue weighted by Crippen LogP contribution is 2.32. The molecule has 0 aliphatic heterocycles. The monoisotopic (exact) mass is 494 g/mol. The molecule has 9 heteroatoms. The van der Waals surface area contributed by atoms with E-state index < -0.39 is 5.92 Å². The standard InChI is InChI=1S/C28H27FN8/c1-16-25(24(12-30)17-5-4-6-20(29)9-17)35-28(33-16)26-23-11-19(14-32-27(23)37-36-26)18-10-22(15-31-13-18)34-21-7-2-3-8-21/h4-6,9-15,21,24,30,34H,2-3,7-8H2,1H3,(H,33,35)(H,32,36,37). The number of pyridine rings is 2. The third-order valence-corrected chi connectivity index (χ3v) is 7.04. The molecule has 8 nitrogen and oxygen atoms in total. The van der Waals surface area contributed by atoms with Crippen LogP contribution in [0, 0.1) is 18.2 Å². The van der Waals surface area contributed by atoms with Crippen LogP contribution in [0.2, 0.25) is 0 Å². The van der Waals surface area contributed by atoms with Crippen LogP contribution in [0.5, 0.6) is 0 Å². The Morgan fingerprint density at radius 2 is 1.95 bits per heavy atom. The van der Waals surface area contributed by atoms with Gasteiger partial charge in [0.25, 0.3) is 0 Å². The van der Waals surface area contributed by atoms with Crippen molar-refractivity contribution in [1.82, 2.24) is 30.1 Å². The first-order chi connectivity index (χ1) is 18.1. The van der Waals surface area contributed by atoms with Crippen molar-refractivity contribution in [1.29, 1.82) is 5.41 Å². The Labute approximate surface area is 213 Å². The third-order valence-electron chi connectivity index (χ3n) is 7.04. The first-order valence-electron chi connectivity index (χ1n) is 12.5. The summed E-state index contributed by atoms with van der Waals surface area (Å²) in [4.78, 5) is 17.1. The number of aryl methyl sites for hydroxylation is 1. The average Bonchev–Trinajstić information content (AvgIpc) is 3.65. The van der Waals surface area contributed by atoms with Crippen LogP contribution < -0.4 is 5.32 Å². The highest BCUT2D eigenvalue weighted by Gasteiger charge is 2.22. The van der Waals surface area contributed by atoms with Gasteiger partial charge in [0.15, 0.2) is 11.5 Å². The van der Waals surface area contributed by atoms with E-state index in [1.165, 1.54) is 44.0 Å². The maximum atomic E-state index is 13.9. The molecule has 4 heterocycles. The highest BCUT2D eigenvalue weighted by atomic mass is 19.1. The van der Waals surface area contributed by atoms with E-state index in [-0.39, 0.29) is 5.82 Å². The normalized spacial score (nSPS) is 14.8. The van der Waals surface area contributed by atoms with Crippen LogP contribution in [0.25, 0.3) is 33.7 Å². The van der Waals surface area contributed by atoms with Crippen molar-refractivity contribution < 1.29 is 4.39 Å². The number of nitrogens with zero attached hydrogens (tertiary/aromatic N) is 4. The summed E-state index contributed by atoms with van der Waals surface area (Å²) in [5, 5.41) is 19.8. The molecule has 0 bridgehead atoms. The van der Waals surface area contributed by atoms with Crippen molar-refractivity contribution in [2.75, 3.05) is 5.32 Å². The van der Waals surface area contributed by atoms with E-state index in [2.05, 4.69) is 36.5 Å². The number of H-pyrrole nitrogens is 2. The predicted molar refractivity (Wildman–Crippen MR) is 142 cm³/mol. The number of fused-ring (bicyclic) bond motifs is 1. The summed E-state index contributed by atoms with van der Waals surface area (Å²) in [5.74, 6) is -0.218. The number of hydrogen-bond donors (Lipinski definition) is 4. The van der Waals surface area contributed by atoms with Gasteiger partial charge in [-0.3, -0.25) is 10.1 Å². The molecule has 1 aromatic carbocycles. The summed E-state index contributed by atoms with van der Waals surface area (Å²) in [6.07, 6.45) is 11.7. The summed E-state index contributed by atoms with van der Waals surface area (Å²) in [6.45, 7) is 1.90.